The van der Waals surface area contributed by atoms with E-state index < -0.39 is 10.0 Å². The maximum Gasteiger partial charge on any atom is 0.241 e. The highest BCUT2D eigenvalue weighted by Gasteiger charge is 2.29. The summed E-state index contributed by atoms with van der Waals surface area (Å²) in [7, 11) is -3.69. The molecule has 4 aromatic rings. The lowest BCUT2D eigenvalue weighted by Crippen LogP contribution is -2.31. The van der Waals surface area contributed by atoms with Crippen molar-refractivity contribution in [3.05, 3.63) is 125 Å². The number of aryl methyl sites for hydroxylation is 4. The fraction of sp³-hybridized carbons (Fsp3) is 0.273. The Labute approximate surface area is 237 Å². The van der Waals surface area contributed by atoms with Gasteiger partial charge in [-0.2, -0.15) is 0 Å². The fourth-order valence-electron chi connectivity index (χ4n) is 5.18. The maximum atomic E-state index is 13.6. The molecule has 1 unspecified atom stereocenters. The number of pyridine rings is 1. The monoisotopic (exact) mass is 553 g/mol. The molecular weight excluding hydrogens is 518 g/mol. The van der Waals surface area contributed by atoms with E-state index in [1.807, 2.05) is 56.3 Å². The van der Waals surface area contributed by atoms with Crippen molar-refractivity contribution in [3.63, 3.8) is 0 Å². The molecule has 0 fully saturated rings. The van der Waals surface area contributed by atoms with Gasteiger partial charge in [-0.25, -0.2) is 13.1 Å². The summed E-state index contributed by atoms with van der Waals surface area (Å²) >= 11 is 0. The van der Waals surface area contributed by atoms with Gasteiger partial charge in [0, 0.05) is 30.5 Å². The van der Waals surface area contributed by atoms with Crippen molar-refractivity contribution in [1.29, 1.82) is 0 Å². The number of carbonyl (C=O) groups is 1. The van der Waals surface area contributed by atoms with Crippen LogP contribution in [0.2, 0.25) is 0 Å². The number of sulfonamides is 1. The summed E-state index contributed by atoms with van der Waals surface area (Å²) in [6.45, 7) is 4.48. The van der Waals surface area contributed by atoms with E-state index in [-0.39, 0.29) is 16.8 Å². The highest BCUT2D eigenvalue weighted by atomic mass is 32.2. The van der Waals surface area contributed by atoms with Crippen LogP contribution in [0.15, 0.2) is 96.2 Å². The number of hydrogen-bond acceptors (Lipinski definition) is 4. The predicted molar refractivity (Wildman–Crippen MR) is 159 cm³/mol. The molecule has 7 heteroatoms. The van der Waals surface area contributed by atoms with Crippen molar-refractivity contribution in [2.75, 3.05) is 4.90 Å². The zero-order valence-corrected chi connectivity index (χ0v) is 23.8. The molecule has 0 aliphatic heterocycles. The lowest BCUT2D eigenvalue weighted by Gasteiger charge is -2.25. The number of hydrogen-bond donors (Lipinski definition) is 1. The smallest absolute Gasteiger partial charge is 0.241 e. The summed E-state index contributed by atoms with van der Waals surface area (Å²) in [4.78, 5) is 19.9. The highest BCUT2D eigenvalue weighted by Crippen LogP contribution is 2.36. The predicted octanol–water partition coefficient (Wildman–Crippen LogP) is 6.08. The minimum absolute atomic E-state index is 0.00974. The third kappa shape index (κ3) is 6.49. The van der Waals surface area contributed by atoms with E-state index in [2.05, 4.69) is 34.0 Å². The Balaban J connectivity index is 1.39. The van der Waals surface area contributed by atoms with Crippen molar-refractivity contribution >= 4 is 21.6 Å². The van der Waals surface area contributed by atoms with Gasteiger partial charge in [0.05, 0.1) is 11.4 Å². The van der Waals surface area contributed by atoms with E-state index in [1.54, 1.807) is 29.4 Å². The molecule has 1 amide bonds. The first kappa shape index (κ1) is 27.7. The van der Waals surface area contributed by atoms with Crippen LogP contribution >= 0.6 is 0 Å². The Kier molecular flexibility index (Phi) is 8.43. The van der Waals surface area contributed by atoms with Gasteiger partial charge in [0.25, 0.3) is 0 Å². The average Bonchev–Trinajstić information content (AvgIpc) is 3.37. The number of nitrogens with zero attached hydrogens (tertiary/aromatic N) is 2. The molecule has 0 bridgehead atoms. The van der Waals surface area contributed by atoms with Gasteiger partial charge in [-0.1, -0.05) is 61.0 Å². The number of fused-ring (bicyclic) bond motifs is 1. The fourth-order valence-corrected chi connectivity index (χ4v) is 6.43. The van der Waals surface area contributed by atoms with Crippen molar-refractivity contribution in [2.24, 2.45) is 0 Å². The van der Waals surface area contributed by atoms with Crippen LogP contribution in [0.4, 0.5) is 5.69 Å². The van der Waals surface area contributed by atoms with Gasteiger partial charge in [-0.3, -0.25) is 9.78 Å². The van der Waals surface area contributed by atoms with Crippen LogP contribution in [-0.4, -0.2) is 19.3 Å². The van der Waals surface area contributed by atoms with Crippen LogP contribution in [-0.2, 0) is 40.6 Å². The first-order chi connectivity index (χ1) is 19.3. The second kappa shape index (κ2) is 12.1. The van der Waals surface area contributed by atoms with Crippen LogP contribution in [0, 0.1) is 6.92 Å². The third-order valence-electron chi connectivity index (χ3n) is 7.57. The molecule has 3 aromatic carbocycles. The first-order valence-electron chi connectivity index (χ1n) is 13.8. The molecule has 0 saturated carbocycles. The molecular formula is C33H35N3O3S. The number of carbonyl (C=O) groups excluding carboxylic acids is 1. The zero-order chi connectivity index (χ0) is 28.1. The van der Waals surface area contributed by atoms with Gasteiger partial charge in [0.1, 0.15) is 0 Å². The average molecular weight is 554 g/mol. The molecule has 1 N–H and O–H groups in total. The van der Waals surface area contributed by atoms with Crippen molar-refractivity contribution in [2.45, 2.75) is 63.4 Å². The molecule has 1 atom stereocenters. The van der Waals surface area contributed by atoms with Gasteiger partial charge in [-0.15, -0.1) is 0 Å². The van der Waals surface area contributed by atoms with Crippen LogP contribution in [0.1, 0.15) is 59.2 Å². The van der Waals surface area contributed by atoms with E-state index >= 15 is 0 Å². The molecule has 1 aromatic heterocycles. The van der Waals surface area contributed by atoms with E-state index in [9.17, 15) is 13.2 Å². The number of nitrogens with one attached hydrogen (secondary N) is 1. The first-order valence-corrected chi connectivity index (χ1v) is 15.3. The van der Waals surface area contributed by atoms with Gasteiger partial charge in [0.2, 0.25) is 15.9 Å². The quantitative estimate of drug-likeness (QED) is 0.258. The molecule has 0 spiro atoms. The maximum absolute atomic E-state index is 13.6. The molecule has 1 aliphatic rings. The van der Waals surface area contributed by atoms with Gasteiger partial charge >= 0.3 is 0 Å². The largest absolute Gasteiger partial charge is 0.308 e. The standard InChI is InChI=1S/C33H35N3O3S/c1-3-25-10-16-30(17-11-25)40(38,39)35-32-18-14-28-13-15-29(21-31(28)32)36(23-27-5-4-20-34-22-27)33(37)19-12-26-8-6-24(2)7-9-26/h4-11,13,15-17,20-22,32,35H,3,12,14,18-19,23H2,1-2H3. The van der Waals surface area contributed by atoms with Crippen LogP contribution in [0.25, 0.3) is 0 Å². The number of rotatable bonds is 10. The summed E-state index contributed by atoms with van der Waals surface area (Å²) < 4.78 is 29.4. The number of amides is 1. The number of benzene rings is 3. The molecule has 0 radical (unpaired) electrons. The lowest BCUT2D eigenvalue weighted by molar-refractivity contribution is -0.118. The second-order valence-electron chi connectivity index (χ2n) is 10.4. The summed E-state index contributed by atoms with van der Waals surface area (Å²) in [5.74, 6) is 0.00974. The molecule has 206 valence electrons. The topological polar surface area (TPSA) is 79.4 Å². The van der Waals surface area contributed by atoms with Gasteiger partial charge in [-0.05, 0) is 90.8 Å². The lowest BCUT2D eigenvalue weighted by atomic mass is 10.0. The van der Waals surface area contributed by atoms with E-state index in [0.717, 1.165) is 46.3 Å². The zero-order valence-electron chi connectivity index (χ0n) is 23.0. The van der Waals surface area contributed by atoms with E-state index in [1.165, 1.54) is 5.56 Å². The Morgan fingerprint density at radius 1 is 0.975 bits per heavy atom. The van der Waals surface area contributed by atoms with Crippen molar-refractivity contribution < 1.29 is 13.2 Å². The van der Waals surface area contributed by atoms with E-state index in [0.29, 0.717) is 25.8 Å². The van der Waals surface area contributed by atoms with Crippen molar-refractivity contribution in [1.82, 2.24) is 9.71 Å². The van der Waals surface area contributed by atoms with Crippen LogP contribution in [0.5, 0.6) is 0 Å². The van der Waals surface area contributed by atoms with Crippen LogP contribution < -0.4 is 9.62 Å². The summed E-state index contributed by atoms with van der Waals surface area (Å²) in [5.41, 5.74) is 7.12. The minimum atomic E-state index is -3.69. The molecule has 0 saturated heterocycles. The number of aromatic nitrogens is 1. The molecule has 5 rings (SSSR count). The molecule has 1 aliphatic carbocycles. The Morgan fingerprint density at radius 3 is 2.42 bits per heavy atom. The Morgan fingerprint density at radius 2 is 1.73 bits per heavy atom. The SMILES string of the molecule is CCc1ccc(S(=O)(=O)NC2CCc3ccc(N(Cc4cccnc4)C(=O)CCc4ccc(C)cc4)cc32)cc1. The molecule has 6 nitrogen and oxygen atoms in total. The summed E-state index contributed by atoms with van der Waals surface area (Å²) in [6, 6.07) is 24.7. The highest BCUT2D eigenvalue weighted by molar-refractivity contribution is 7.89. The van der Waals surface area contributed by atoms with Gasteiger partial charge in [0.15, 0.2) is 0 Å². The summed E-state index contributed by atoms with van der Waals surface area (Å²) in [5, 5.41) is 0. The number of anilines is 1. The minimum Gasteiger partial charge on any atom is -0.308 e. The molecule has 40 heavy (non-hydrogen) atoms. The van der Waals surface area contributed by atoms with Gasteiger partial charge < -0.3 is 4.90 Å². The second-order valence-corrected chi connectivity index (χ2v) is 12.1. The van der Waals surface area contributed by atoms with Crippen molar-refractivity contribution in [3.8, 4) is 0 Å². The normalized spacial score (nSPS) is 14.6. The van der Waals surface area contributed by atoms with Crippen LogP contribution in [0.3, 0.4) is 0 Å². The third-order valence-corrected chi connectivity index (χ3v) is 9.06. The summed E-state index contributed by atoms with van der Waals surface area (Å²) in [6.07, 6.45) is 6.81. The Hall–Kier alpha value is -3.81. The van der Waals surface area contributed by atoms with E-state index in [4.69, 9.17) is 0 Å². The molecule has 1 heterocycles. The Bertz CT molecular complexity index is 1570.